The van der Waals surface area contributed by atoms with Crippen LogP contribution in [0, 0.1) is 0 Å². The molecule has 0 saturated carbocycles. The average molecular weight is 353 g/mol. The lowest BCUT2D eigenvalue weighted by Crippen LogP contribution is -2.21. The van der Waals surface area contributed by atoms with E-state index in [2.05, 4.69) is 5.32 Å². The van der Waals surface area contributed by atoms with E-state index < -0.39 is 24.5 Å². The first-order valence-corrected chi connectivity index (χ1v) is 8.48. The van der Waals surface area contributed by atoms with Gasteiger partial charge in [-0.3, -0.25) is 4.79 Å². The maximum Gasteiger partial charge on any atom is 0.341 e. The number of anilines is 1. The molecule has 24 heavy (non-hydrogen) atoms. The van der Waals surface area contributed by atoms with Crippen molar-refractivity contribution in [1.82, 2.24) is 0 Å². The summed E-state index contributed by atoms with van der Waals surface area (Å²) in [5.74, 6) is -1.36. The van der Waals surface area contributed by atoms with Crippen molar-refractivity contribution < 1.29 is 23.9 Å². The third-order valence-corrected chi connectivity index (χ3v) is 4.17. The number of allylic oxidation sites excluding steroid dienone is 1. The number of carbonyl (C=O) groups is 3. The normalized spacial score (nSPS) is 10.2. The molecule has 1 N–H and O–H groups in total. The van der Waals surface area contributed by atoms with Crippen molar-refractivity contribution in [2.45, 2.75) is 40.5 Å². The van der Waals surface area contributed by atoms with Gasteiger partial charge in [-0.15, -0.1) is 11.3 Å². The van der Waals surface area contributed by atoms with Gasteiger partial charge in [-0.1, -0.05) is 19.4 Å². The predicted octanol–water partition coefficient (Wildman–Crippen LogP) is 3.50. The SMILES string of the molecule is CCOC(=O)c1cc(C(C)C)sc1NC(=O)COC(=O)C=C(C)C. The van der Waals surface area contributed by atoms with Gasteiger partial charge in [-0.25, -0.2) is 9.59 Å². The molecular formula is C17H23NO5S. The van der Waals surface area contributed by atoms with E-state index in [1.54, 1.807) is 26.8 Å². The summed E-state index contributed by atoms with van der Waals surface area (Å²) >= 11 is 1.31. The van der Waals surface area contributed by atoms with Crippen molar-refractivity contribution >= 4 is 34.2 Å². The van der Waals surface area contributed by atoms with E-state index >= 15 is 0 Å². The number of ether oxygens (including phenoxy) is 2. The third-order valence-electron chi connectivity index (χ3n) is 2.82. The summed E-state index contributed by atoms with van der Waals surface area (Å²) in [6, 6.07) is 1.72. The van der Waals surface area contributed by atoms with Gasteiger partial charge in [0.25, 0.3) is 5.91 Å². The minimum atomic E-state index is -0.579. The Morgan fingerprint density at radius 2 is 1.92 bits per heavy atom. The van der Waals surface area contributed by atoms with E-state index in [1.807, 2.05) is 13.8 Å². The molecule has 0 radical (unpaired) electrons. The fourth-order valence-corrected chi connectivity index (χ4v) is 2.79. The highest BCUT2D eigenvalue weighted by Crippen LogP contribution is 2.33. The molecule has 1 aromatic heterocycles. The molecule has 0 fully saturated rings. The van der Waals surface area contributed by atoms with Gasteiger partial charge in [-0.05, 0) is 32.8 Å². The number of hydrogen-bond donors (Lipinski definition) is 1. The number of esters is 2. The summed E-state index contributed by atoms with van der Waals surface area (Å²) in [5.41, 5.74) is 1.10. The average Bonchev–Trinajstić information content (AvgIpc) is 2.89. The first-order valence-electron chi connectivity index (χ1n) is 7.66. The molecule has 0 atom stereocenters. The zero-order valence-corrected chi connectivity index (χ0v) is 15.4. The molecule has 6 nitrogen and oxygen atoms in total. The second-order valence-electron chi connectivity index (χ2n) is 5.64. The van der Waals surface area contributed by atoms with Crippen LogP contribution in [-0.2, 0) is 19.1 Å². The zero-order chi connectivity index (χ0) is 18.3. The number of nitrogens with one attached hydrogen (secondary N) is 1. The molecule has 0 aliphatic heterocycles. The topological polar surface area (TPSA) is 81.7 Å². The highest BCUT2D eigenvalue weighted by Gasteiger charge is 2.20. The molecular weight excluding hydrogens is 330 g/mol. The Bertz CT molecular complexity index is 641. The van der Waals surface area contributed by atoms with Crippen LogP contribution in [0.4, 0.5) is 5.00 Å². The fraction of sp³-hybridized carbons (Fsp3) is 0.471. The van der Waals surface area contributed by atoms with Gasteiger partial charge in [0.05, 0.1) is 12.2 Å². The highest BCUT2D eigenvalue weighted by molar-refractivity contribution is 7.16. The highest BCUT2D eigenvalue weighted by atomic mass is 32.1. The molecule has 0 aliphatic rings. The van der Waals surface area contributed by atoms with Crippen LogP contribution in [0.2, 0.25) is 0 Å². The quantitative estimate of drug-likeness (QED) is 0.599. The van der Waals surface area contributed by atoms with E-state index in [4.69, 9.17) is 9.47 Å². The second kappa shape index (κ2) is 9.22. The number of hydrogen-bond acceptors (Lipinski definition) is 6. The molecule has 1 rings (SSSR count). The van der Waals surface area contributed by atoms with E-state index in [9.17, 15) is 14.4 Å². The molecule has 1 heterocycles. The molecule has 0 spiro atoms. The van der Waals surface area contributed by atoms with E-state index in [0.29, 0.717) is 10.6 Å². The van der Waals surface area contributed by atoms with Gasteiger partial charge in [0.1, 0.15) is 5.00 Å². The van der Waals surface area contributed by atoms with Crippen LogP contribution in [0.15, 0.2) is 17.7 Å². The van der Waals surface area contributed by atoms with Crippen LogP contribution in [0.1, 0.15) is 55.8 Å². The van der Waals surface area contributed by atoms with Gasteiger partial charge >= 0.3 is 11.9 Å². The number of amides is 1. The number of thiophene rings is 1. The Kier molecular flexibility index (Phi) is 7.64. The van der Waals surface area contributed by atoms with Crippen molar-refractivity contribution in [1.29, 1.82) is 0 Å². The van der Waals surface area contributed by atoms with Gasteiger partial charge in [0.15, 0.2) is 6.61 Å². The Labute approximate surface area is 145 Å². The van der Waals surface area contributed by atoms with Crippen molar-refractivity contribution in [3.05, 3.63) is 28.2 Å². The fourth-order valence-electron chi connectivity index (χ4n) is 1.72. The molecule has 7 heteroatoms. The van der Waals surface area contributed by atoms with Crippen molar-refractivity contribution in [2.75, 3.05) is 18.5 Å². The lowest BCUT2D eigenvalue weighted by Gasteiger charge is -2.06. The molecule has 132 valence electrons. The van der Waals surface area contributed by atoms with Gasteiger partial charge in [-0.2, -0.15) is 0 Å². The van der Waals surface area contributed by atoms with Crippen LogP contribution in [0.3, 0.4) is 0 Å². The van der Waals surface area contributed by atoms with Gasteiger partial charge in [0, 0.05) is 11.0 Å². The number of carbonyl (C=O) groups excluding carboxylic acids is 3. The summed E-state index contributed by atoms with van der Waals surface area (Å²) in [6.07, 6.45) is 1.30. The zero-order valence-electron chi connectivity index (χ0n) is 14.6. The monoisotopic (exact) mass is 353 g/mol. The minimum absolute atomic E-state index is 0.212. The Morgan fingerprint density at radius 3 is 2.46 bits per heavy atom. The molecule has 0 aliphatic carbocycles. The first-order chi connectivity index (χ1) is 11.2. The maximum atomic E-state index is 12.0. The summed E-state index contributed by atoms with van der Waals surface area (Å²) < 4.78 is 9.86. The summed E-state index contributed by atoms with van der Waals surface area (Å²) in [4.78, 5) is 36.3. The number of rotatable bonds is 7. The predicted molar refractivity (Wildman–Crippen MR) is 93.4 cm³/mol. The van der Waals surface area contributed by atoms with Crippen molar-refractivity contribution in [3.63, 3.8) is 0 Å². The van der Waals surface area contributed by atoms with E-state index in [0.717, 1.165) is 10.5 Å². The standard InChI is InChI=1S/C17H23NO5S/c1-6-22-17(21)12-8-13(11(4)5)24-16(12)18-14(19)9-23-15(20)7-10(2)3/h7-8,11H,6,9H2,1-5H3,(H,18,19). The lowest BCUT2D eigenvalue weighted by atomic mass is 10.1. The molecule has 0 unspecified atom stereocenters. The largest absolute Gasteiger partial charge is 0.462 e. The smallest absolute Gasteiger partial charge is 0.341 e. The first kappa shape index (κ1) is 19.9. The van der Waals surface area contributed by atoms with Crippen LogP contribution in [0.25, 0.3) is 0 Å². The van der Waals surface area contributed by atoms with Crippen LogP contribution in [0.5, 0.6) is 0 Å². The Morgan fingerprint density at radius 1 is 1.25 bits per heavy atom. The Balaban J connectivity index is 2.81. The maximum absolute atomic E-state index is 12.0. The summed E-state index contributed by atoms with van der Waals surface area (Å²) in [7, 11) is 0. The van der Waals surface area contributed by atoms with E-state index in [-0.39, 0.29) is 12.5 Å². The van der Waals surface area contributed by atoms with Gasteiger partial charge < -0.3 is 14.8 Å². The molecule has 1 aromatic rings. The third kappa shape index (κ3) is 6.16. The molecule has 0 saturated heterocycles. The molecule has 0 aromatic carbocycles. The lowest BCUT2D eigenvalue weighted by molar-refractivity contribution is -0.142. The van der Waals surface area contributed by atoms with Crippen molar-refractivity contribution in [3.8, 4) is 0 Å². The van der Waals surface area contributed by atoms with Crippen LogP contribution < -0.4 is 5.32 Å². The van der Waals surface area contributed by atoms with Crippen molar-refractivity contribution in [2.24, 2.45) is 0 Å². The summed E-state index contributed by atoms with van der Waals surface area (Å²) in [5, 5.41) is 3.02. The van der Waals surface area contributed by atoms with E-state index in [1.165, 1.54) is 17.4 Å². The van der Waals surface area contributed by atoms with Crippen LogP contribution >= 0.6 is 11.3 Å². The van der Waals surface area contributed by atoms with Gasteiger partial charge in [0.2, 0.25) is 0 Å². The molecule has 1 amide bonds. The minimum Gasteiger partial charge on any atom is -0.462 e. The summed E-state index contributed by atoms with van der Waals surface area (Å²) in [6.45, 7) is 9.05. The van der Waals surface area contributed by atoms with Crippen LogP contribution in [-0.4, -0.2) is 31.1 Å². The second-order valence-corrected chi connectivity index (χ2v) is 6.73. The molecule has 0 bridgehead atoms. The Hall–Kier alpha value is -2.15.